The standard InChI is InChI=1S/C32H34F3N5O4/c1-18(41)38-12-10-24-6-8-28(31(44)39-11-9-19-3-5-23(33)14-21(19)16-39)40(24)30(43)27(17-38)37-29(42)26-15-20-13-22(32(2,34)35)4-7-25(20)36-26/h3-5,7,13-15,24,27-28,36H,6,8-12,16-17H2,1-2H3,(H,37,42)/t24-,27+,28+/m1/s1. The maximum atomic E-state index is 14.1. The minimum absolute atomic E-state index is 0.0746. The predicted molar refractivity (Wildman–Crippen MR) is 155 cm³/mol. The first-order valence-electron chi connectivity index (χ1n) is 14.8. The van der Waals surface area contributed by atoms with Gasteiger partial charge in [-0.25, -0.2) is 13.2 Å². The minimum atomic E-state index is -3.05. The molecule has 2 aromatic carbocycles. The fourth-order valence-corrected chi connectivity index (χ4v) is 6.70. The largest absolute Gasteiger partial charge is 0.351 e. The molecule has 3 aromatic rings. The number of amides is 4. The van der Waals surface area contributed by atoms with Gasteiger partial charge in [-0.2, -0.15) is 0 Å². The molecule has 44 heavy (non-hydrogen) atoms. The van der Waals surface area contributed by atoms with E-state index in [9.17, 15) is 32.3 Å². The molecule has 2 N–H and O–H groups in total. The molecule has 3 aliphatic heterocycles. The number of alkyl halides is 2. The molecule has 9 nitrogen and oxygen atoms in total. The lowest BCUT2D eigenvalue weighted by Gasteiger charge is -2.40. The summed E-state index contributed by atoms with van der Waals surface area (Å²) in [6.07, 6.45) is 2.09. The van der Waals surface area contributed by atoms with Gasteiger partial charge in [0.1, 0.15) is 23.6 Å². The van der Waals surface area contributed by atoms with Crippen molar-refractivity contribution in [3.05, 3.63) is 70.7 Å². The van der Waals surface area contributed by atoms with Crippen LogP contribution in [0.2, 0.25) is 0 Å². The van der Waals surface area contributed by atoms with Crippen LogP contribution in [0, 0.1) is 5.82 Å². The van der Waals surface area contributed by atoms with Crippen molar-refractivity contribution in [2.75, 3.05) is 19.6 Å². The average molecular weight is 610 g/mol. The van der Waals surface area contributed by atoms with Crippen LogP contribution >= 0.6 is 0 Å². The van der Waals surface area contributed by atoms with E-state index in [2.05, 4.69) is 10.3 Å². The number of nitrogens with zero attached hydrogens (tertiary/aromatic N) is 3. The molecule has 4 heterocycles. The molecule has 0 bridgehead atoms. The van der Waals surface area contributed by atoms with E-state index < -0.39 is 29.8 Å². The third-order valence-electron chi connectivity index (χ3n) is 9.09. The number of carbonyl (C=O) groups excluding carboxylic acids is 4. The molecule has 2 saturated heterocycles. The van der Waals surface area contributed by atoms with Gasteiger partial charge in [0.2, 0.25) is 17.7 Å². The van der Waals surface area contributed by atoms with Crippen molar-refractivity contribution >= 4 is 34.5 Å². The Bertz CT molecular complexity index is 1650. The Labute approximate surface area is 252 Å². The lowest BCUT2D eigenvalue weighted by atomic mass is 9.98. The van der Waals surface area contributed by atoms with Crippen LogP contribution < -0.4 is 5.32 Å². The molecule has 0 unspecified atom stereocenters. The number of aromatic nitrogens is 1. The third-order valence-corrected chi connectivity index (χ3v) is 9.09. The number of fused-ring (bicyclic) bond motifs is 3. The van der Waals surface area contributed by atoms with Gasteiger partial charge in [-0.15, -0.1) is 0 Å². The molecule has 1 aromatic heterocycles. The highest BCUT2D eigenvalue weighted by Crippen LogP contribution is 2.33. The van der Waals surface area contributed by atoms with Gasteiger partial charge >= 0.3 is 0 Å². The van der Waals surface area contributed by atoms with Gasteiger partial charge in [0.25, 0.3) is 11.8 Å². The maximum absolute atomic E-state index is 14.1. The Morgan fingerprint density at radius 2 is 1.77 bits per heavy atom. The first kappa shape index (κ1) is 29.7. The second-order valence-corrected chi connectivity index (χ2v) is 12.1. The van der Waals surface area contributed by atoms with Crippen molar-refractivity contribution in [3.63, 3.8) is 0 Å². The fraction of sp³-hybridized carbons (Fsp3) is 0.438. The number of halogens is 3. The summed E-state index contributed by atoms with van der Waals surface area (Å²) in [6, 6.07) is 7.90. The third kappa shape index (κ3) is 5.65. The van der Waals surface area contributed by atoms with Crippen LogP contribution in [-0.2, 0) is 33.3 Å². The molecule has 232 valence electrons. The highest BCUT2D eigenvalue weighted by atomic mass is 19.3. The summed E-state index contributed by atoms with van der Waals surface area (Å²) in [6.45, 7) is 3.17. The molecule has 2 fully saturated rings. The SMILES string of the molecule is CC(=O)N1CC[C@H]2CC[C@@H](C(=O)N3CCc4ccc(F)cc4C3)N2C(=O)[C@@H](NC(=O)c2cc3cc(C(C)(F)F)ccc3[nH]2)C1. The van der Waals surface area contributed by atoms with Crippen LogP contribution in [-0.4, -0.2) is 81.1 Å². The highest BCUT2D eigenvalue weighted by Gasteiger charge is 2.46. The summed E-state index contributed by atoms with van der Waals surface area (Å²) in [4.78, 5) is 61.5. The zero-order valence-corrected chi connectivity index (χ0v) is 24.5. The summed E-state index contributed by atoms with van der Waals surface area (Å²) in [5.41, 5.74) is 2.09. The highest BCUT2D eigenvalue weighted by molar-refractivity contribution is 6.01. The van der Waals surface area contributed by atoms with E-state index in [0.29, 0.717) is 49.7 Å². The van der Waals surface area contributed by atoms with Gasteiger partial charge < -0.3 is 25.0 Å². The summed E-state index contributed by atoms with van der Waals surface area (Å²) >= 11 is 0. The van der Waals surface area contributed by atoms with Gasteiger partial charge in [-0.3, -0.25) is 19.2 Å². The summed E-state index contributed by atoms with van der Waals surface area (Å²) < 4.78 is 41.6. The van der Waals surface area contributed by atoms with Gasteiger partial charge in [0.05, 0.1) is 0 Å². The molecule has 12 heteroatoms. The van der Waals surface area contributed by atoms with Gasteiger partial charge in [0.15, 0.2) is 0 Å². The molecule has 0 spiro atoms. The monoisotopic (exact) mass is 609 g/mol. The smallest absolute Gasteiger partial charge is 0.270 e. The lowest BCUT2D eigenvalue weighted by Crippen LogP contribution is -2.61. The van der Waals surface area contributed by atoms with Crippen LogP contribution in [0.4, 0.5) is 13.2 Å². The zero-order valence-electron chi connectivity index (χ0n) is 24.5. The van der Waals surface area contributed by atoms with Crippen LogP contribution in [0.15, 0.2) is 42.5 Å². The van der Waals surface area contributed by atoms with Crippen LogP contribution in [0.5, 0.6) is 0 Å². The number of benzene rings is 2. The topological polar surface area (TPSA) is 106 Å². The van der Waals surface area contributed by atoms with E-state index in [4.69, 9.17) is 0 Å². The predicted octanol–water partition coefficient (Wildman–Crippen LogP) is 3.71. The summed E-state index contributed by atoms with van der Waals surface area (Å²) in [5, 5.41) is 3.16. The van der Waals surface area contributed by atoms with E-state index in [1.807, 2.05) is 0 Å². The first-order chi connectivity index (χ1) is 20.9. The Hall–Kier alpha value is -4.35. The van der Waals surface area contributed by atoms with Crippen molar-refractivity contribution in [1.29, 1.82) is 0 Å². The Morgan fingerprint density at radius 3 is 2.52 bits per heavy atom. The van der Waals surface area contributed by atoms with Crippen LogP contribution in [0.3, 0.4) is 0 Å². The van der Waals surface area contributed by atoms with E-state index >= 15 is 0 Å². The number of aromatic amines is 1. The molecular formula is C32H34F3N5O4. The minimum Gasteiger partial charge on any atom is -0.351 e. The van der Waals surface area contributed by atoms with Crippen molar-refractivity contribution < 1.29 is 32.3 Å². The number of nitrogens with one attached hydrogen (secondary N) is 2. The normalized spacial score (nSPS) is 22.3. The molecule has 0 radical (unpaired) electrons. The Morgan fingerprint density at radius 1 is 0.977 bits per heavy atom. The lowest BCUT2D eigenvalue weighted by molar-refractivity contribution is -0.149. The molecule has 3 aliphatic rings. The van der Waals surface area contributed by atoms with E-state index in [1.165, 1.54) is 48.2 Å². The number of hydrogen-bond donors (Lipinski definition) is 2. The number of rotatable bonds is 4. The number of H-pyrrole nitrogens is 1. The quantitative estimate of drug-likeness (QED) is 0.471. The van der Waals surface area contributed by atoms with Gasteiger partial charge in [0, 0.05) is 62.5 Å². The molecule has 0 aliphatic carbocycles. The maximum Gasteiger partial charge on any atom is 0.270 e. The summed E-state index contributed by atoms with van der Waals surface area (Å²) in [5.74, 6) is -4.98. The molecule has 3 atom stereocenters. The zero-order chi connectivity index (χ0) is 31.3. The fourth-order valence-electron chi connectivity index (χ4n) is 6.70. The van der Waals surface area contributed by atoms with Crippen LogP contribution in [0.1, 0.15) is 60.3 Å². The van der Waals surface area contributed by atoms with Crippen molar-refractivity contribution in [3.8, 4) is 0 Å². The first-order valence-corrected chi connectivity index (χ1v) is 14.8. The van der Waals surface area contributed by atoms with Crippen LogP contribution in [0.25, 0.3) is 10.9 Å². The molecule has 4 amide bonds. The number of carbonyl (C=O) groups is 4. The van der Waals surface area contributed by atoms with E-state index in [-0.39, 0.29) is 48.0 Å². The second kappa shape index (κ2) is 11.3. The molecule has 6 rings (SSSR count). The van der Waals surface area contributed by atoms with Gasteiger partial charge in [-0.05, 0) is 67.1 Å². The van der Waals surface area contributed by atoms with E-state index in [0.717, 1.165) is 18.1 Å². The molecular weight excluding hydrogens is 575 g/mol. The average Bonchev–Trinajstić information content (AvgIpc) is 3.60. The Kier molecular flexibility index (Phi) is 7.63. The summed E-state index contributed by atoms with van der Waals surface area (Å²) in [7, 11) is 0. The number of hydrogen-bond acceptors (Lipinski definition) is 4. The van der Waals surface area contributed by atoms with Crippen molar-refractivity contribution in [1.82, 2.24) is 25.0 Å². The van der Waals surface area contributed by atoms with E-state index in [1.54, 1.807) is 15.9 Å². The molecule has 0 saturated carbocycles. The van der Waals surface area contributed by atoms with Crippen molar-refractivity contribution in [2.24, 2.45) is 0 Å². The second-order valence-electron chi connectivity index (χ2n) is 12.1. The Balaban J connectivity index is 1.24. The van der Waals surface area contributed by atoms with Gasteiger partial charge in [-0.1, -0.05) is 12.1 Å². The van der Waals surface area contributed by atoms with Crippen molar-refractivity contribution in [2.45, 2.75) is 70.1 Å².